The molecule has 0 aliphatic carbocycles. The number of hydrogen-bond acceptors (Lipinski definition) is 9. The van der Waals surface area contributed by atoms with Crippen LogP contribution in [0.15, 0.2) is 53.6 Å². The molecular weight excluding hydrogens is 470 g/mol. The summed E-state index contributed by atoms with van der Waals surface area (Å²) in [5.41, 5.74) is 1.85. The van der Waals surface area contributed by atoms with Gasteiger partial charge in [0.25, 0.3) is 0 Å². The Labute approximate surface area is 204 Å². The number of piperazine rings is 1. The van der Waals surface area contributed by atoms with Crippen molar-refractivity contribution in [3.63, 3.8) is 0 Å². The standard InChI is InChI=1S/C24H25N5O5S/c1-32-21-14-18(15-22(33-2)23(21)34-3)20-8-9-26-24(27-20)28-10-12-29(13-11-28)35(30,31)19-6-4-17(16-25)5-7-19/h4-9,14-15H,10-13H2,1-3H3. The van der Waals surface area contributed by atoms with E-state index in [-0.39, 0.29) is 4.90 Å². The van der Waals surface area contributed by atoms with Crippen LogP contribution in [0.4, 0.5) is 5.95 Å². The highest BCUT2D eigenvalue weighted by Gasteiger charge is 2.29. The van der Waals surface area contributed by atoms with Gasteiger partial charge in [-0.15, -0.1) is 0 Å². The van der Waals surface area contributed by atoms with E-state index in [0.29, 0.717) is 60.6 Å². The van der Waals surface area contributed by atoms with Gasteiger partial charge in [0.1, 0.15) is 0 Å². The van der Waals surface area contributed by atoms with Crippen molar-refractivity contribution in [1.29, 1.82) is 5.26 Å². The summed E-state index contributed by atoms with van der Waals surface area (Å²) >= 11 is 0. The zero-order valence-electron chi connectivity index (χ0n) is 19.6. The molecule has 1 aromatic heterocycles. The van der Waals surface area contributed by atoms with Crippen LogP contribution in [-0.4, -0.2) is 70.2 Å². The summed E-state index contributed by atoms with van der Waals surface area (Å²) in [5, 5.41) is 8.94. The summed E-state index contributed by atoms with van der Waals surface area (Å²) in [6.07, 6.45) is 1.67. The van der Waals surface area contributed by atoms with Crippen LogP contribution < -0.4 is 19.1 Å². The van der Waals surface area contributed by atoms with E-state index in [1.54, 1.807) is 33.6 Å². The molecule has 0 bridgehead atoms. The van der Waals surface area contributed by atoms with Crippen LogP contribution in [-0.2, 0) is 10.0 Å². The van der Waals surface area contributed by atoms with Crippen molar-refractivity contribution in [2.75, 3.05) is 52.4 Å². The van der Waals surface area contributed by atoms with Crippen LogP contribution in [0.2, 0.25) is 0 Å². The van der Waals surface area contributed by atoms with Crippen molar-refractivity contribution in [3.8, 4) is 34.6 Å². The first-order chi connectivity index (χ1) is 16.9. The smallest absolute Gasteiger partial charge is 0.243 e. The van der Waals surface area contributed by atoms with E-state index in [9.17, 15) is 8.42 Å². The second kappa shape index (κ2) is 10.2. The van der Waals surface area contributed by atoms with Crippen molar-refractivity contribution < 1.29 is 22.6 Å². The van der Waals surface area contributed by atoms with Crippen molar-refractivity contribution >= 4 is 16.0 Å². The summed E-state index contributed by atoms with van der Waals surface area (Å²) in [7, 11) is 1.00. The third-order valence-electron chi connectivity index (χ3n) is 5.75. The van der Waals surface area contributed by atoms with Gasteiger partial charge in [-0.1, -0.05) is 0 Å². The summed E-state index contributed by atoms with van der Waals surface area (Å²) in [4.78, 5) is 11.2. The molecule has 0 atom stereocenters. The van der Waals surface area contributed by atoms with Crippen LogP contribution in [0.3, 0.4) is 0 Å². The minimum absolute atomic E-state index is 0.172. The molecule has 3 aromatic rings. The van der Waals surface area contributed by atoms with Gasteiger partial charge in [0.2, 0.25) is 21.7 Å². The lowest BCUT2D eigenvalue weighted by Crippen LogP contribution is -2.49. The summed E-state index contributed by atoms with van der Waals surface area (Å²) in [6, 6.07) is 13.3. The maximum atomic E-state index is 13.0. The Hall–Kier alpha value is -3.88. The highest BCUT2D eigenvalue weighted by molar-refractivity contribution is 7.89. The molecule has 1 saturated heterocycles. The maximum Gasteiger partial charge on any atom is 0.243 e. The van der Waals surface area contributed by atoms with Gasteiger partial charge < -0.3 is 19.1 Å². The highest BCUT2D eigenvalue weighted by atomic mass is 32.2. The number of benzene rings is 2. The van der Waals surface area contributed by atoms with E-state index in [0.717, 1.165) is 5.56 Å². The fourth-order valence-corrected chi connectivity index (χ4v) is 5.29. The molecule has 182 valence electrons. The predicted octanol–water partition coefficient (Wildman–Crippen LogP) is 2.55. The molecule has 35 heavy (non-hydrogen) atoms. The lowest BCUT2D eigenvalue weighted by atomic mass is 10.1. The van der Waals surface area contributed by atoms with Gasteiger partial charge in [-0.2, -0.15) is 9.57 Å². The van der Waals surface area contributed by atoms with Crippen LogP contribution >= 0.6 is 0 Å². The van der Waals surface area contributed by atoms with Gasteiger partial charge in [0, 0.05) is 37.9 Å². The summed E-state index contributed by atoms with van der Waals surface area (Å²) in [5.74, 6) is 2.03. The van der Waals surface area contributed by atoms with Gasteiger partial charge in [0.05, 0.1) is 43.6 Å². The number of rotatable bonds is 7. The average molecular weight is 496 g/mol. The number of sulfonamides is 1. The van der Waals surface area contributed by atoms with Crippen LogP contribution in [0, 0.1) is 11.3 Å². The number of hydrogen-bond donors (Lipinski definition) is 0. The van der Waals surface area contributed by atoms with E-state index < -0.39 is 10.0 Å². The molecule has 1 fully saturated rings. The second-order valence-electron chi connectivity index (χ2n) is 7.68. The van der Waals surface area contributed by atoms with Gasteiger partial charge in [-0.05, 0) is 42.5 Å². The molecule has 2 heterocycles. The van der Waals surface area contributed by atoms with E-state index in [1.165, 1.54) is 28.6 Å². The number of ether oxygens (including phenoxy) is 3. The first kappa shape index (κ1) is 24.3. The third-order valence-corrected chi connectivity index (χ3v) is 7.66. The SMILES string of the molecule is COc1cc(-c2ccnc(N3CCN(S(=O)(=O)c4ccc(C#N)cc4)CC3)n2)cc(OC)c1OC. The largest absolute Gasteiger partial charge is 0.493 e. The molecule has 0 unspecified atom stereocenters. The van der Waals surface area contributed by atoms with E-state index in [2.05, 4.69) is 4.98 Å². The lowest BCUT2D eigenvalue weighted by molar-refractivity contribution is 0.324. The van der Waals surface area contributed by atoms with Crippen molar-refractivity contribution in [3.05, 3.63) is 54.2 Å². The highest BCUT2D eigenvalue weighted by Crippen LogP contribution is 2.41. The first-order valence-electron chi connectivity index (χ1n) is 10.8. The number of nitriles is 1. The van der Waals surface area contributed by atoms with Crippen molar-refractivity contribution in [2.24, 2.45) is 0 Å². The van der Waals surface area contributed by atoms with Crippen molar-refractivity contribution in [1.82, 2.24) is 14.3 Å². The Morgan fingerprint density at radius 1 is 0.914 bits per heavy atom. The third kappa shape index (κ3) is 4.84. The summed E-state index contributed by atoms with van der Waals surface area (Å²) in [6.45, 7) is 1.46. The number of aromatic nitrogens is 2. The Balaban J connectivity index is 1.52. The normalized spacial score (nSPS) is 14.3. The molecule has 1 aliphatic heterocycles. The quantitative estimate of drug-likeness (QED) is 0.487. The number of anilines is 1. The monoisotopic (exact) mass is 495 g/mol. The zero-order chi connectivity index (χ0) is 25.0. The van der Waals surface area contributed by atoms with Crippen LogP contribution in [0.25, 0.3) is 11.3 Å². The molecule has 0 N–H and O–H groups in total. The zero-order valence-corrected chi connectivity index (χ0v) is 20.4. The molecule has 4 rings (SSSR count). The molecular formula is C24H25N5O5S. The molecule has 0 saturated carbocycles. The predicted molar refractivity (Wildman–Crippen MR) is 129 cm³/mol. The molecule has 11 heteroatoms. The molecule has 0 amide bonds. The Kier molecular flexibility index (Phi) is 7.04. The Morgan fingerprint density at radius 2 is 1.54 bits per heavy atom. The fraction of sp³-hybridized carbons (Fsp3) is 0.292. The minimum Gasteiger partial charge on any atom is -0.493 e. The van der Waals surface area contributed by atoms with Gasteiger partial charge in [0.15, 0.2) is 11.5 Å². The fourth-order valence-electron chi connectivity index (χ4n) is 3.87. The number of methoxy groups -OCH3 is 3. The maximum absolute atomic E-state index is 13.0. The first-order valence-corrected chi connectivity index (χ1v) is 12.2. The molecule has 1 aliphatic rings. The van der Waals surface area contributed by atoms with E-state index >= 15 is 0 Å². The minimum atomic E-state index is -3.65. The average Bonchev–Trinajstić information content (AvgIpc) is 2.92. The Morgan fingerprint density at radius 3 is 2.09 bits per heavy atom. The molecule has 0 spiro atoms. The summed E-state index contributed by atoms with van der Waals surface area (Å²) < 4.78 is 43.7. The Bertz CT molecular complexity index is 1320. The van der Waals surface area contributed by atoms with Crippen LogP contribution in [0.5, 0.6) is 17.2 Å². The molecule has 10 nitrogen and oxygen atoms in total. The van der Waals surface area contributed by atoms with E-state index in [1.807, 2.05) is 23.1 Å². The lowest BCUT2D eigenvalue weighted by Gasteiger charge is -2.34. The number of nitrogens with zero attached hydrogens (tertiary/aromatic N) is 5. The molecule has 0 radical (unpaired) electrons. The van der Waals surface area contributed by atoms with Gasteiger partial charge in [-0.25, -0.2) is 18.4 Å². The van der Waals surface area contributed by atoms with E-state index in [4.69, 9.17) is 24.5 Å². The van der Waals surface area contributed by atoms with Crippen molar-refractivity contribution in [2.45, 2.75) is 4.90 Å². The van der Waals surface area contributed by atoms with Crippen LogP contribution in [0.1, 0.15) is 5.56 Å². The van der Waals surface area contributed by atoms with Gasteiger partial charge in [-0.3, -0.25) is 0 Å². The topological polar surface area (TPSA) is 118 Å². The molecule has 2 aromatic carbocycles. The second-order valence-corrected chi connectivity index (χ2v) is 9.62. The van der Waals surface area contributed by atoms with Gasteiger partial charge >= 0.3 is 0 Å².